The van der Waals surface area contributed by atoms with Gasteiger partial charge in [-0.15, -0.1) is 0 Å². The number of halogens is 1. The molecule has 0 radical (unpaired) electrons. The zero-order valence-electron chi connectivity index (χ0n) is 10.6. The van der Waals surface area contributed by atoms with Crippen molar-refractivity contribution in [3.05, 3.63) is 22.7 Å². The lowest BCUT2D eigenvalue weighted by Gasteiger charge is -2.24. The fraction of sp³-hybridized carbons (Fsp3) is 0.538. The first kappa shape index (κ1) is 12.5. The summed E-state index contributed by atoms with van der Waals surface area (Å²) in [5.41, 5.74) is 8.19. The molecule has 4 heteroatoms. The monoisotopic (exact) mass is 254 g/mol. The Morgan fingerprint density at radius 1 is 1.47 bits per heavy atom. The Hall–Kier alpha value is -0.930. The summed E-state index contributed by atoms with van der Waals surface area (Å²) >= 11 is 6.10. The first-order chi connectivity index (χ1) is 7.93. The van der Waals surface area contributed by atoms with Crippen molar-refractivity contribution >= 4 is 17.3 Å². The van der Waals surface area contributed by atoms with E-state index in [1.165, 1.54) is 0 Å². The molecule has 1 aliphatic heterocycles. The first-order valence-corrected chi connectivity index (χ1v) is 6.19. The maximum atomic E-state index is 6.16. The average molecular weight is 255 g/mol. The van der Waals surface area contributed by atoms with Gasteiger partial charge in [0.1, 0.15) is 5.75 Å². The topological polar surface area (TPSA) is 38.5 Å². The third-order valence-corrected chi connectivity index (χ3v) is 3.71. The van der Waals surface area contributed by atoms with Crippen LogP contribution in [0, 0.1) is 6.92 Å². The Kier molecular flexibility index (Phi) is 3.23. The third kappa shape index (κ3) is 2.50. The van der Waals surface area contributed by atoms with Gasteiger partial charge in [-0.3, -0.25) is 0 Å². The van der Waals surface area contributed by atoms with Crippen molar-refractivity contribution in [3.63, 3.8) is 0 Å². The zero-order valence-corrected chi connectivity index (χ0v) is 11.3. The minimum Gasteiger partial charge on any atom is -0.495 e. The van der Waals surface area contributed by atoms with Crippen LogP contribution in [-0.2, 0) is 0 Å². The van der Waals surface area contributed by atoms with Crippen molar-refractivity contribution < 1.29 is 4.74 Å². The van der Waals surface area contributed by atoms with Crippen LogP contribution in [0.25, 0.3) is 0 Å². The fourth-order valence-electron chi connectivity index (χ4n) is 2.25. The van der Waals surface area contributed by atoms with Crippen molar-refractivity contribution in [1.29, 1.82) is 0 Å². The number of methoxy groups -OCH3 is 1. The highest BCUT2D eigenvalue weighted by molar-refractivity contribution is 6.31. The summed E-state index contributed by atoms with van der Waals surface area (Å²) in [6.07, 6.45) is 0.998. The van der Waals surface area contributed by atoms with E-state index in [1.54, 1.807) is 7.11 Å². The highest BCUT2D eigenvalue weighted by atomic mass is 35.5. The zero-order chi connectivity index (χ0) is 12.6. The summed E-state index contributed by atoms with van der Waals surface area (Å²) in [5.74, 6) is 0.818. The summed E-state index contributed by atoms with van der Waals surface area (Å²) in [5, 5.41) is 0.736. The third-order valence-electron chi connectivity index (χ3n) is 3.31. The molecule has 94 valence electrons. The summed E-state index contributed by atoms with van der Waals surface area (Å²) in [7, 11) is 1.67. The minimum absolute atomic E-state index is 0.113. The number of hydrogen-bond donors (Lipinski definition) is 1. The summed E-state index contributed by atoms with van der Waals surface area (Å²) in [4.78, 5) is 2.27. The molecule has 1 aromatic carbocycles. The molecular formula is C13H19ClN2O. The van der Waals surface area contributed by atoms with Crippen molar-refractivity contribution in [2.24, 2.45) is 5.73 Å². The van der Waals surface area contributed by atoms with E-state index >= 15 is 0 Å². The number of hydrogen-bond acceptors (Lipinski definition) is 3. The molecule has 0 saturated carbocycles. The Balaban J connectivity index is 2.35. The van der Waals surface area contributed by atoms with Crippen LogP contribution in [0.2, 0.25) is 5.02 Å². The van der Waals surface area contributed by atoms with Gasteiger partial charge in [-0.25, -0.2) is 0 Å². The standard InChI is InChI=1S/C13H19ClN2O/c1-9-6-11(12(17-3)7-10(9)14)16-5-4-13(2,15)8-16/h6-7H,4-5,8,15H2,1-3H3. The van der Waals surface area contributed by atoms with Gasteiger partial charge < -0.3 is 15.4 Å². The second-order valence-corrected chi connectivity index (χ2v) is 5.51. The van der Waals surface area contributed by atoms with E-state index in [9.17, 15) is 0 Å². The Morgan fingerprint density at radius 2 is 2.18 bits per heavy atom. The second kappa shape index (κ2) is 4.39. The molecule has 0 spiro atoms. The molecule has 1 heterocycles. The van der Waals surface area contributed by atoms with Crippen LogP contribution >= 0.6 is 11.6 Å². The molecular weight excluding hydrogens is 236 g/mol. The van der Waals surface area contributed by atoms with E-state index in [0.29, 0.717) is 0 Å². The van der Waals surface area contributed by atoms with Crippen LogP contribution in [0.15, 0.2) is 12.1 Å². The number of anilines is 1. The van der Waals surface area contributed by atoms with E-state index in [2.05, 4.69) is 17.9 Å². The molecule has 1 fully saturated rings. The predicted octanol–water partition coefficient (Wildman–Crippen LogP) is 2.58. The van der Waals surface area contributed by atoms with Crippen LogP contribution in [-0.4, -0.2) is 25.7 Å². The van der Waals surface area contributed by atoms with Gasteiger partial charge in [-0.1, -0.05) is 11.6 Å². The normalized spacial score (nSPS) is 24.2. The lowest BCUT2D eigenvalue weighted by molar-refractivity contribution is 0.414. The molecule has 2 rings (SSSR count). The number of nitrogens with two attached hydrogens (primary N) is 1. The van der Waals surface area contributed by atoms with Crippen molar-refractivity contribution in [2.75, 3.05) is 25.1 Å². The van der Waals surface area contributed by atoms with Crippen LogP contribution in [0.4, 0.5) is 5.69 Å². The first-order valence-electron chi connectivity index (χ1n) is 5.81. The molecule has 0 aromatic heterocycles. The Morgan fingerprint density at radius 3 is 2.71 bits per heavy atom. The van der Waals surface area contributed by atoms with E-state index in [-0.39, 0.29) is 5.54 Å². The van der Waals surface area contributed by atoms with Gasteiger partial charge in [-0.2, -0.15) is 0 Å². The molecule has 1 aromatic rings. The Labute approximate surface area is 107 Å². The summed E-state index contributed by atoms with van der Waals surface area (Å²) in [6.45, 7) is 5.90. The maximum absolute atomic E-state index is 6.16. The molecule has 1 atom stereocenters. The molecule has 1 saturated heterocycles. The predicted molar refractivity (Wildman–Crippen MR) is 72.2 cm³/mol. The van der Waals surface area contributed by atoms with Gasteiger partial charge in [0.2, 0.25) is 0 Å². The molecule has 0 aliphatic carbocycles. The quantitative estimate of drug-likeness (QED) is 0.882. The number of benzene rings is 1. The molecule has 1 aliphatic rings. The number of nitrogens with zero attached hydrogens (tertiary/aromatic N) is 1. The average Bonchev–Trinajstić information content (AvgIpc) is 2.62. The lowest BCUT2D eigenvalue weighted by Crippen LogP contribution is -2.39. The fourth-order valence-corrected chi connectivity index (χ4v) is 2.40. The van der Waals surface area contributed by atoms with E-state index < -0.39 is 0 Å². The largest absolute Gasteiger partial charge is 0.495 e. The van der Waals surface area contributed by atoms with Crippen LogP contribution in [0.5, 0.6) is 5.75 Å². The molecule has 17 heavy (non-hydrogen) atoms. The SMILES string of the molecule is COc1cc(Cl)c(C)cc1N1CCC(C)(N)C1. The number of ether oxygens (including phenoxy) is 1. The van der Waals surface area contributed by atoms with Crippen molar-refractivity contribution in [2.45, 2.75) is 25.8 Å². The van der Waals surface area contributed by atoms with Gasteiger partial charge in [0.25, 0.3) is 0 Å². The van der Waals surface area contributed by atoms with Gasteiger partial charge in [-0.05, 0) is 31.9 Å². The number of rotatable bonds is 2. The van der Waals surface area contributed by atoms with Gasteiger partial charge in [0.15, 0.2) is 0 Å². The maximum Gasteiger partial charge on any atom is 0.143 e. The Bertz CT molecular complexity index is 432. The van der Waals surface area contributed by atoms with Crippen LogP contribution in [0.3, 0.4) is 0 Å². The van der Waals surface area contributed by atoms with Crippen LogP contribution in [0.1, 0.15) is 18.9 Å². The minimum atomic E-state index is -0.113. The van der Waals surface area contributed by atoms with Gasteiger partial charge >= 0.3 is 0 Å². The van der Waals surface area contributed by atoms with Gasteiger partial charge in [0, 0.05) is 29.7 Å². The lowest BCUT2D eigenvalue weighted by atomic mass is 10.0. The smallest absolute Gasteiger partial charge is 0.143 e. The van der Waals surface area contributed by atoms with Crippen molar-refractivity contribution in [3.8, 4) is 5.75 Å². The molecule has 0 amide bonds. The molecule has 2 N–H and O–H groups in total. The molecule has 1 unspecified atom stereocenters. The van der Waals surface area contributed by atoms with Crippen LogP contribution < -0.4 is 15.4 Å². The molecule has 3 nitrogen and oxygen atoms in total. The highest BCUT2D eigenvalue weighted by Gasteiger charge is 2.31. The van der Waals surface area contributed by atoms with Gasteiger partial charge in [0.05, 0.1) is 12.8 Å². The highest BCUT2D eigenvalue weighted by Crippen LogP contribution is 2.36. The van der Waals surface area contributed by atoms with E-state index in [1.807, 2.05) is 13.0 Å². The summed E-state index contributed by atoms with van der Waals surface area (Å²) < 4.78 is 5.39. The summed E-state index contributed by atoms with van der Waals surface area (Å²) in [6, 6.07) is 3.95. The van der Waals surface area contributed by atoms with E-state index in [0.717, 1.165) is 41.5 Å². The molecule has 0 bridgehead atoms. The second-order valence-electron chi connectivity index (χ2n) is 5.10. The van der Waals surface area contributed by atoms with E-state index in [4.69, 9.17) is 22.1 Å². The van der Waals surface area contributed by atoms with Crippen molar-refractivity contribution in [1.82, 2.24) is 0 Å². The number of aryl methyl sites for hydroxylation is 1.